The van der Waals surface area contributed by atoms with E-state index in [4.69, 9.17) is 16.6 Å². The molecule has 2 fully saturated rings. The molecule has 2 aromatic rings. The average molecular weight is 515 g/mol. The van der Waals surface area contributed by atoms with Gasteiger partial charge in [0, 0.05) is 55.9 Å². The molecule has 2 unspecified atom stereocenters. The van der Waals surface area contributed by atoms with Gasteiger partial charge in [0.2, 0.25) is 0 Å². The van der Waals surface area contributed by atoms with E-state index in [0.29, 0.717) is 18.6 Å². The van der Waals surface area contributed by atoms with Crippen molar-refractivity contribution in [2.24, 2.45) is 0 Å². The van der Waals surface area contributed by atoms with Gasteiger partial charge in [-0.3, -0.25) is 9.80 Å². The first kappa shape index (κ1) is 28.6. The maximum absolute atomic E-state index is 14.3. The summed E-state index contributed by atoms with van der Waals surface area (Å²) in [5, 5.41) is 0.728. The lowest BCUT2D eigenvalue weighted by molar-refractivity contribution is 0.0607. The minimum atomic E-state index is -0.0801. The van der Waals surface area contributed by atoms with Crippen LogP contribution in [-0.4, -0.2) is 59.6 Å². The number of likely N-dealkylation sites (tertiary alicyclic amines) is 1. The highest BCUT2D eigenvalue weighted by Gasteiger charge is 2.34. The monoisotopic (exact) mass is 514 g/mol. The lowest BCUT2D eigenvalue weighted by atomic mass is 9.97. The van der Waals surface area contributed by atoms with Crippen molar-refractivity contribution in [2.75, 3.05) is 37.6 Å². The number of rotatable bonds is 7. The van der Waals surface area contributed by atoms with E-state index in [1.54, 1.807) is 6.07 Å². The summed E-state index contributed by atoms with van der Waals surface area (Å²) in [6.45, 7) is 19.9. The fourth-order valence-electron chi connectivity index (χ4n) is 5.40. The standard InChI is InChI=1S/C28H38ClFN4.C2H6/c1-5-21(4)23-16-26(29)28(31-17-23)33-13-14-34(24(6-2)19-33)25-9-11-32(12-10-25)18-22-8-7-20(3)15-27(22)30;1-2/h5,7-8,15-17,21,24-25H,1,6,9-14,18-19H2,2-4H3;1-2H3. The van der Waals surface area contributed by atoms with Crippen LogP contribution in [0.5, 0.6) is 0 Å². The first-order chi connectivity index (χ1) is 17.4. The minimum Gasteiger partial charge on any atom is -0.353 e. The summed E-state index contributed by atoms with van der Waals surface area (Å²) >= 11 is 6.66. The van der Waals surface area contributed by atoms with Crippen LogP contribution in [0.3, 0.4) is 0 Å². The SMILES string of the molecule is C=CC(C)c1cnc(N2CCN(C3CCN(Cc4ccc(C)cc4F)CC3)C(CC)C2)c(Cl)c1.CC. The van der Waals surface area contributed by atoms with Gasteiger partial charge < -0.3 is 4.90 Å². The zero-order valence-corrected chi connectivity index (χ0v) is 23.6. The van der Waals surface area contributed by atoms with E-state index in [0.717, 1.165) is 79.5 Å². The van der Waals surface area contributed by atoms with Gasteiger partial charge in [-0.05, 0) is 62.5 Å². The van der Waals surface area contributed by atoms with E-state index < -0.39 is 0 Å². The van der Waals surface area contributed by atoms with Gasteiger partial charge in [-0.2, -0.15) is 0 Å². The van der Waals surface area contributed by atoms with E-state index >= 15 is 0 Å². The number of hydrogen-bond donors (Lipinski definition) is 0. The second kappa shape index (κ2) is 13.6. The molecule has 1 aromatic heterocycles. The predicted molar refractivity (Wildman–Crippen MR) is 152 cm³/mol. The number of allylic oxidation sites excluding steroid dienone is 1. The quantitative estimate of drug-likeness (QED) is 0.369. The third kappa shape index (κ3) is 6.87. The Morgan fingerprint density at radius 3 is 2.50 bits per heavy atom. The van der Waals surface area contributed by atoms with Gasteiger partial charge >= 0.3 is 0 Å². The van der Waals surface area contributed by atoms with Crippen LogP contribution in [0.15, 0.2) is 43.1 Å². The minimum absolute atomic E-state index is 0.0801. The van der Waals surface area contributed by atoms with Crippen LogP contribution in [0.2, 0.25) is 5.02 Å². The van der Waals surface area contributed by atoms with Crippen LogP contribution < -0.4 is 4.90 Å². The molecule has 0 radical (unpaired) electrons. The smallest absolute Gasteiger partial charge is 0.147 e. The highest BCUT2D eigenvalue weighted by atomic mass is 35.5. The van der Waals surface area contributed by atoms with Gasteiger partial charge in [0.1, 0.15) is 11.6 Å². The van der Waals surface area contributed by atoms with Crippen LogP contribution in [0, 0.1) is 12.7 Å². The van der Waals surface area contributed by atoms with Crippen LogP contribution >= 0.6 is 11.6 Å². The van der Waals surface area contributed by atoms with Crippen molar-refractivity contribution in [1.82, 2.24) is 14.8 Å². The number of halogens is 2. The molecule has 2 atom stereocenters. The Bertz CT molecular complexity index is 989. The average Bonchev–Trinajstić information content (AvgIpc) is 2.91. The van der Waals surface area contributed by atoms with E-state index in [9.17, 15) is 4.39 Å². The summed E-state index contributed by atoms with van der Waals surface area (Å²) in [5.74, 6) is 1.06. The van der Waals surface area contributed by atoms with Crippen molar-refractivity contribution in [3.63, 3.8) is 0 Å². The zero-order chi connectivity index (χ0) is 26.2. The number of anilines is 1. The van der Waals surface area contributed by atoms with Crippen molar-refractivity contribution in [2.45, 2.75) is 78.4 Å². The van der Waals surface area contributed by atoms with Crippen molar-refractivity contribution in [3.8, 4) is 0 Å². The largest absolute Gasteiger partial charge is 0.353 e. The number of piperidine rings is 1. The second-order valence-electron chi connectivity index (χ2n) is 9.95. The molecule has 198 valence electrons. The van der Waals surface area contributed by atoms with Crippen LogP contribution in [-0.2, 0) is 6.54 Å². The van der Waals surface area contributed by atoms with Gasteiger partial charge in [0.25, 0.3) is 0 Å². The molecule has 2 saturated heterocycles. The number of pyridine rings is 1. The van der Waals surface area contributed by atoms with Crippen molar-refractivity contribution < 1.29 is 4.39 Å². The van der Waals surface area contributed by atoms with Gasteiger partial charge in [0.15, 0.2) is 0 Å². The molecule has 4 nitrogen and oxygen atoms in total. The first-order valence-electron chi connectivity index (χ1n) is 13.7. The summed E-state index contributed by atoms with van der Waals surface area (Å²) < 4.78 is 14.3. The molecule has 0 saturated carbocycles. The van der Waals surface area contributed by atoms with Crippen LogP contribution in [0.1, 0.15) is 69.6 Å². The van der Waals surface area contributed by atoms with Crippen molar-refractivity contribution in [1.29, 1.82) is 0 Å². The van der Waals surface area contributed by atoms with Crippen LogP contribution in [0.25, 0.3) is 0 Å². The Morgan fingerprint density at radius 1 is 1.17 bits per heavy atom. The normalized spacial score (nSPS) is 20.5. The molecule has 3 heterocycles. The molecular formula is C30H44ClFN4. The molecule has 2 aliphatic rings. The summed E-state index contributed by atoms with van der Waals surface area (Å²) in [6, 6.07) is 8.70. The van der Waals surface area contributed by atoms with Crippen molar-refractivity contribution in [3.05, 3.63) is 70.6 Å². The number of aromatic nitrogens is 1. The lowest BCUT2D eigenvalue weighted by Gasteiger charge is -2.47. The molecule has 0 bridgehead atoms. The van der Waals surface area contributed by atoms with Gasteiger partial charge in [-0.25, -0.2) is 9.37 Å². The van der Waals surface area contributed by atoms with Gasteiger partial charge in [-0.15, -0.1) is 6.58 Å². The maximum Gasteiger partial charge on any atom is 0.147 e. The third-order valence-corrected chi connectivity index (χ3v) is 7.93. The topological polar surface area (TPSA) is 22.6 Å². The highest BCUT2D eigenvalue weighted by molar-refractivity contribution is 6.33. The van der Waals surface area contributed by atoms with E-state index in [-0.39, 0.29) is 11.7 Å². The maximum atomic E-state index is 14.3. The fourth-order valence-corrected chi connectivity index (χ4v) is 5.69. The van der Waals surface area contributed by atoms with Gasteiger partial charge in [-0.1, -0.05) is 57.5 Å². The molecule has 36 heavy (non-hydrogen) atoms. The number of piperazine rings is 1. The van der Waals surface area contributed by atoms with E-state index in [2.05, 4.69) is 35.1 Å². The molecule has 1 aromatic carbocycles. The van der Waals surface area contributed by atoms with E-state index in [1.165, 1.54) is 0 Å². The summed E-state index contributed by atoms with van der Waals surface area (Å²) in [6.07, 6.45) is 7.23. The summed E-state index contributed by atoms with van der Waals surface area (Å²) in [7, 11) is 0. The Morgan fingerprint density at radius 2 is 1.89 bits per heavy atom. The summed E-state index contributed by atoms with van der Waals surface area (Å²) in [5.41, 5.74) is 2.89. The van der Waals surface area contributed by atoms with Crippen molar-refractivity contribution >= 4 is 17.4 Å². The molecule has 6 heteroatoms. The number of hydrogen-bond acceptors (Lipinski definition) is 4. The Labute approximate surface area is 223 Å². The van der Waals surface area contributed by atoms with Gasteiger partial charge in [0.05, 0.1) is 5.02 Å². The Balaban J connectivity index is 0.00000176. The zero-order valence-electron chi connectivity index (χ0n) is 22.8. The Kier molecular flexibility index (Phi) is 10.8. The molecule has 0 aliphatic carbocycles. The molecule has 4 rings (SSSR count). The fraction of sp³-hybridized carbons (Fsp3) is 0.567. The number of nitrogens with zero attached hydrogens (tertiary/aromatic N) is 4. The molecule has 0 spiro atoms. The Hall–Kier alpha value is -1.95. The summed E-state index contributed by atoms with van der Waals surface area (Å²) in [4.78, 5) is 12.2. The third-order valence-electron chi connectivity index (χ3n) is 7.65. The van der Waals surface area contributed by atoms with E-state index in [1.807, 2.05) is 51.2 Å². The first-order valence-corrected chi connectivity index (χ1v) is 14.0. The molecule has 0 amide bonds. The lowest BCUT2D eigenvalue weighted by Crippen LogP contribution is -2.58. The molecular weight excluding hydrogens is 471 g/mol. The predicted octanol–water partition coefficient (Wildman–Crippen LogP) is 7.06. The molecule has 2 aliphatic heterocycles. The highest BCUT2D eigenvalue weighted by Crippen LogP contribution is 2.31. The number of benzene rings is 1. The molecule has 0 N–H and O–H groups in total. The van der Waals surface area contributed by atoms with Crippen LogP contribution in [0.4, 0.5) is 10.2 Å². The second-order valence-corrected chi connectivity index (χ2v) is 10.4. The number of aryl methyl sites for hydroxylation is 1.